The van der Waals surface area contributed by atoms with Gasteiger partial charge in [-0.25, -0.2) is 9.13 Å². The van der Waals surface area contributed by atoms with Gasteiger partial charge in [0.2, 0.25) is 0 Å². The summed E-state index contributed by atoms with van der Waals surface area (Å²) in [7, 11) is -9.91. The standard InChI is InChI=1S/C73H142O17P2/c1-9-66(8)52-44-36-31-32-38-46-54-71(76)84-60-69(90-73(78)56-48-40-30-24-23-27-35-43-51-65(6)7)62-88-92(81,82)86-58-67(74)57-85-91(79,80)87-61-68(89-72(77)55-47-39-29-22-18-14-16-20-26-34-42-50-64(4)5)59-83-70(75)53-45-37-28-21-17-13-11-10-12-15-19-25-33-41-49-63(2)3/h63-69,74H,9-62H2,1-8H3,(H,79,80)(H,81,82)/t66?,67-,68-,69-/m1/s1. The molecule has 0 aliphatic rings. The Kier molecular flexibility index (Phi) is 61.3. The Bertz CT molecular complexity index is 1820. The van der Waals surface area contributed by atoms with Crippen LogP contribution in [0.5, 0.6) is 0 Å². The van der Waals surface area contributed by atoms with Gasteiger partial charge in [0, 0.05) is 25.7 Å². The minimum Gasteiger partial charge on any atom is -0.462 e. The molecular formula is C73H142O17P2. The average Bonchev–Trinajstić information content (AvgIpc) is 3.72. The number of phosphoric ester groups is 2. The predicted octanol–water partition coefficient (Wildman–Crippen LogP) is 20.9. The number of hydrogen-bond acceptors (Lipinski definition) is 15. The number of unbranched alkanes of at least 4 members (excludes halogenated alkanes) is 35. The highest BCUT2D eigenvalue weighted by Gasteiger charge is 2.30. The van der Waals surface area contributed by atoms with Gasteiger partial charge in [-0.15, -0.1) is 0 Å². The number of carbonyl (C=O) groups excluding carboxylic acids is 4. The van der Waals surface area contributed by atoms with Gasteiger partial charge >= 0.3 is 39.5 Å². The minimum absolute atomic E-state index is 0.103. The lowest BCUT2D eigenvalue weighted by Gasteiger charge is -2.21. The minimum atomic E-state index is -4.96. The Hall–Kier alpha value is -1.94. The summed E-state index contributed by atoms with van der Waals surface area (Å²) >= 11 is 0. The second-order valence-electron chi connectivity index (χ2n) is 28.0. The van der Waals surface area contributed by atoms with Crippen molar-refractivity contribution in [2.75, 3.05) is 39.6 Å². The van der Waals surface area contributed by atoms with Crippen molar-refractivity contribution in [2.24, 2.45) is 23.7 Å². The maximum atomic E-state index is 13.1. The van der Waals surface area contributed by atoms with Crippen LogP contribution in [0.2, 0.25) is 0 Å². The molecule has 0 spiro atoms. The van der Waals surface area contributed by atoms with Crippen molar-refractivity contribution in [3.05, 3.63) is 0 Å². The zero-order valence-corrected chi connectivity index (χ0v) is 62.0. The van der Waals surface area contributed by atoms with Crippen LogP contribution < -0.4 is 0 Å². The van der Waals surface area contributed by atoms with E-state index in [1.807, 2.05) is 0 Å². The fourth-order valence-corrected chi connectivity index (χ4v) is 12.6. The number of hydrogen-bond donors (Lipinski definition) is 3. The molecule has 0 aromatic heterocycles. The third kappa shape index (κ3) is 65.4. The van der Waals surface area contributed by atoms with E-state index in [0.717, 1.165) is 120 Å². The van der Waals surface area contributed by atoms with Crippen molar-refractivity contribution in [2.45, 2.75) is 382 Å². The van der Waals surface area contributed by atoms with Gasteiger partial charge in [0.05, 0.1) is 26.4 Å². The van der Waals surface area contributed by atoms with Crippen molar-refractivity contribution < 1.29 is 80.2 Å². The van der Waals surface area contributed by atoms with E-state index in [2.05, 4.69) is 55.4 Å². The van der Waals surface area contributed by atoms with Gasteiger partial charge in [-0.05, 0) is 49.4 Å². The zero-order valence-electron chi connectivity index (χ0n) is 60.2. The molecule has 0 rings (SSSR count). The second kappa shape index (κ2) is 62.6. The first-order chi connectivity index (χ1) is 44.1. The largest absolute Gasteiger partial charge is 0.472 e. The Labute approximate surface area is 562 Å². The SMILES string of the molecule is CCC(C)CCCCCCCCC(=O)OC[C@H](COP(=O)(O)OC[C@H](O)COP(=O)(O)OC[C@@H](COC(=O)CCCCCCCCCCCCCCCCC(C)C)OC(=O)CCCCCCCCCCCCCC(C)C)OC(=O)CCCCCCCCCCC(C)C. The Morgan fingerprint density at radius 1 is 0.304 bits per heavy atom. The molecule has 3 unspecified atom stereocenters. The maximum absolute atomic E-state index is 13.1. The van der Waals surface area contributed by atoms with Crippen molar-refractivity contribution in [3.63, 3.8) is 0 Å². The lowest BCUT2D eigenvalue weighted by Crippen LogP contribution is -2.30. The van der Waals surface area contributed by atoms with E-state index in [1.165, 1.54) is 161 Å². The molecule has 17 nitrogen and oxygen atoms in total. The quantitative estimate of drug-likeness (QED) is 0.0222. The van der Waals surface area contributed by atoms with Gasteiger partial charge in [0.15, 0.2) is 12.2 Å². The van der Waals surface area contributed by atoms with Crippen LogP contribution in [0, 0.1) is 23.7 Å². The van der Waals surface area contributed by atoms with Crippen LogP contribution in [0.3, 0.4) is 0 Å². The van der Waals surface area contributed by atoms with E-state index in [1.54, 1.807) is 0 Å². The monoisotopic (exact) mass is 1350 g/mol. The normalized spacial score (nSPS) is 14.5. The van der Waals surface area contributed by atoms with Crippen LogP contribution in [0.4, 0.5) is 0 Å². The summed E-state index contributed by atoms with van der Waals surface area (Å²) < 4.78 is 68.4. The van der Waals surface area contributed by atoms with E-state index in [4.69, 9.17) is 37.0 Å². The number of carbonyl (C=O) groups is 4. The molecule has 0 aromatic rings. The highest BCUT2D eigenvalue weighted by atomic mass is 31.2. The molecule has 0 aliphatic heterocycles. The summed E-state index contributed by atoms with van der Waals surface area (Å²) in [6.07, 6.45) is 45.9. The second-order valence-corrected chi connectivity index (χ2v) is 30.9. The first-order valence-electron chi connectivity index (χ1n) is 37.7. The van der Waals surface area contributed by atoms with Crippen molar-refractivity contribution in [1.82, 2.24) is 0 Å². The third-order valence-electron chi connectivity index (χ3n) is 17.2. The fraction of sp³-hybridized carbons (Fsp3) is 0.945. The number of esters is 4. The maximum Gasteiger partial charge on any atom is 0.472 e. The zero-order chi connectivity index (χ0) is 68.2. The van der Waals surface area contributed by atoms with Crippen molar-refractivity contribution >= 4 is 39.5 Å². The van der Waals surface area contributed by atoms with Crippen molar-refractivity contribution in [1.29, 1.82) is 0 Å². The Morgan fingerprint density at radius 3 is 0.772 bits per heavy atom. The summed E-state index contributed by atoms with van der Waals surface area (Å²) in [5, 5.41) is 10.6. The molecule has 3 N–H and O–H groups in total. The molecule has 0 bridgehead atoms. The van der Waals surface area contributed by atoms with Crippen LogP contribution >= 0.6 is 15.6 Å². The van der Waals surface area contributed by atoms with E-state index in [0.29, 0.717) is 25.7 Å². The molecule has 0 aliphatic carbocycles. The highest BCUT2D eigenvalue weighted by molar-refractivity contribution is 7.47. The molecule has 546 valence electrons. The van der Waals surface area contributed by atoms with E-state index < -0.39 is 97.5 Å². The van der Waals surface area contributed by atoms with Crippen LogP contribution in [0.25, 0.3) is 0 Å². The molecule has 0 aromatic carbocycles. The number of aliphatic hydroxyl groups is 1. The molecule has 0 fully saturated rings. The number of phosphoric acid groups is 2. The predicted molar refractivity (Wildman–Crippen MR) is 372 cm³/mol. The topological polar surface area (TPSA) is 237 Å². The molecule has 0 saturated carbocycles. The lowest BCUT2D eigenvalue weighted by atomic mass is 10.00. The first kappa shape index (κ1) is 90.1. The Balaban J connectivity index is 5.24. The number of rotatable bonds is 70. The van der Waals surface area contributed by atoms with Crippen LogP contribution in [0.15, 0.2) is 0 Å². The molecule has 0 amide bonds. The van der Waals surface area contributed by atoms with Gasteiger partial charge in [-0.2, -0.15) is 0 Å². The van der Waals surface area contributed by atoms with Crippen LogP contribution in [-0.2, 0) is 65.4 Å². The average molecular weight is 1350 g/mol. The summed E-state index contributed by atoms with van der Waals surface area (Å²) in [4.78, 5) is 72.7. The number of ether oxygens (including phenoxy) is 4. The summed E-state index contributed by atoms with van der Waals surface area (Å²) in [5.41, 5.74) is 0. The molecule has 19 heteroatoms. The highest BCUT2D eigenvalue weighted by Crippen LogP contribution is 2.45. The van der Waals surface area contributed by atoms with Gasteiger partial charge in [-0.1, -0.05) is 312 Å². The van der Waals surface area contributed by atoms with Crippen molar-refractivity contribution in [3.8, 4) is 0 Å². The molecule has 6 atom stereocenters. The molecule has 0 saturated heterocycles. The summed E-state index contributed by atoms with van der Waals surface area (Å²) in [6, 6.07) is 0. The Morgan fingerprint density at radius 2 is 0.522 bits per heavy atom. The molecule has 92 heavy (non-hydrogen) atoms. The van der Waals surface area contributed by atoms with Gasteiger partial charge in [0.25, 0.3) is 0 Å². The molecule has 0 radical (unpaired) electrons. The van der Waals surface area contributed by atoms with Crippen LogP contribution in [-0.4, -0.2) is 96.7 Å². The summed E-state index contributed by atoms with van der Waals surface area (Å²) in [6.45, 7) is 14.1. The smallest absolute Gasteiger partial charge is 0.462 e. The molecule has 0 heterocycles. The first-order valence-corrected chi connectivity index (χ1v) is 40.7. The van der Waals surface area contributed by atoms with Gasteiger partial charge < -0.3 is 33.8 Å². The van der Waals surface area contributed by atoms with Gasteiger partial charge in [0.1, 0.15) is 19.3 Å². The molecular weight excluding hydrogens is 1210 g/mol. The van der Waals surface area contributed by atoms with E-state index in [9.17, 15) is 43.2 Å². The van der Waals surface area contributed by atoms with E-state index >= 15 is 0 Å². The third-order valence-corrected chi connectivity index (χ3v) is 19.1. The summed E-state index contributed by atoms with van der Waals surface area (Å²) in [5.74, 6) is 0.886. The number of aliphatic hydroxyl groups excluding tert-OH is 1. The van der Waals surface area contributed by atoms with Gasteiger partial charge in [-0.3, -0.25) is 37.3 Å². The fourth-order valence-electron chi connectivity index (χ4n) is 11.0. The van der Waals surface area contributed by atoms with E-state index in [-0.39, 0.29) is 25.7 Å². The van der Waals surface area contributed by atoms with Crippen LogP contribution in [0.1, 0.15) is 364 Å². The lowest BCUT2D eigenvalue weighted by molar-refractivity contribution is -0.161.